The number of nitrogens with zero attached hydrogens (tertiary/aromatic N) is 1. The monoisotopic (exact) mass is 494 g/mol. The van der Waals surface area contributed by atoms with Gasteiger partial charge in [0.25, 0.3) is 5.91 Å². The fourth-order valence-corrected chi connectivity index (χ4v) is 6.02. The van der Waals surface area contributed by atoms with Crippen molar-refractivity contribution in [3.8, 4) is 21.6 Å². The van der Waals surface area contributed by atoms with E-state index in [1.807, 2.05) is 42.5 Å². The number of nitrogens with two attached hydrogens (primary N) is 1. The number of H-pyrrole nitrogens is 1. The topological polar surface area (TPSA) is 121 Å². The van der Waals surface area contributed by atoms with Gasteiger partial charge in [-0.1, -0.05) is 42.5 Å². The minimum atomic E-state index is -1.01. The van der Waals surface area contributed by atoms with Crippen molar-refractivity contribution in [3.63, 3.8) is 0 Å². The summed E-state index contributed by atoms with van der Waals surface area (Å²) >= 11 is 1.55. The standard InChI is InChI=1S/C28H22N4O3S/c29-22(28(34)35)14-15-8-9-23(36-15)20-6-3-7-21-24(20)16-4-1-2-5-17(16)25(21)32-27(33)19-11-13-31-26-18(19)10-12-30-26/h1-13,22,25H,14,29H2,(H,30,31)(H,32,33)(H,34,35). The summed E-state index contributed by atoms with van der Waals surface area (Å²) in [6.45, 7) is 0. The van der Waals surface area contributed by atoms with Crippen LogP contribution in [0, 0.1) is 0 Å². The molecular formula is C28H22N4O3S. The minimum Gasteiger partial charge on any atom is -0.480 e. The maximum Gasteiger partial charge on any atom is 0.320 e. The van der Waals surface area contributed by atoms with Crippen molar-refractivity contribution >= 4 is 34.2 Å². The van der Waals surface area contributed by atoms with Crippen molar-refractivity contribution in [1.29, 1.82) is 0 Å². The maximum absolute atomic E-state index is 13.4. The number of amides is 1. The molecule has 2 unspecified atom stereocenters. The molecule has 7 nitrogen and oxygen atoms in total. The number of carbonyl (C=O) groups is 2. The van der Waals surface area contributed by atoms with Gasteiger partial charge in [0, 0.05) is 34.0 Å². The SMILES string of the molecule is NC(Cc1ccc(-c2cccc3c2-c2ccccc2C3NC(=O)c2ccnc3[nH]ccc23)s1)C(=O)O. The van der Waals surface area contributed by atoms with Crippen LogP contribution in [-0.2, 0) is 11.2 Å². The van der Waals surface area contributed by atoms with Gasteiger partial charge in [0.15, 0.2) is 0 Å². The van der Waals surface area contributed by atoms with Gasteiger partial charge in [-0.15, -0.1) is 11.3 Å². The highest BCUT2D eigenvalue weighted by Crippen LogP contribution is 2.49. The van der Waals surface area contributed by atoms with Gasteiger partial charge in [0.05, 0.1) is 11.6 Å². The Balaban J connectivity index is 1.39. The number of aromatic amines is 1. The molecule has 178 valence electrons. The van der Waals surface area contributed by atoms with Crippen molar-refractivity contribution in [3.05, 3.63) is 101 Å². The van der Waals surface area contributed by atoms with Gasteiger partial charge in [-0.3, -0.25) is 9.59 Å². The molecular weight excluding hydrogens is 472 g/mol. The number of hydrogen-bond acceptors (Lipinski definition) is 5. The average molecular weight is 495 g/mol. The average Bonchev–Trinajstić information content (AvgIpc) is 3.62. The number of thiophene rings is 1. The van der Waals surface area contributed by atoms with Crippen LogP contribution in [0.25, 0.3) is 32.6 Å². The van der Waals surface area contributed by atoms with Crippen LogP contribution in [0.5, 0.6) is 0 Å². The van der Waals surface area contributed by atoms with Crippen LogP contribution in [0.4, 0.5) is 0 Å². The Morgan fingerprint density at radius 1 is 1.03 bits per heavy atom. The molecule has 1 amide bonds. The second-order valence-corrected chi connectivity index (χ2v) is 9.95. The molecule has 1 aliphatic carbocycles. The summed E-state index contributed by atoms with van der Waals surface area (Å²) in [6, 6.07) is 20.5. The van der Waals surface area contributed by atoms with E-state index < -0.39 is 12.0 Å². The second kappa shape index (κ2) is 8.75. The van der Waals surface area contributed by atoms with Crippen LogP contribution in [0.3, 0.4) is 0 Å². The molecule has 8 heteroatoms. The summed E-state index contributed by atoms with van der Waals surface area (Å²) in [5.74, 6) is -1.18. The first-order chi connectivity index (χ1) is 17.5. The van der Waals surface area contributed by atoms with Gasteiger partial charge in [-0.2, -0.15) is 0 Å². The molecule has 5 N–H and O–H groups in total. The molecule has 3 aromatic heterocycles. The molecule has 2 aromatic carbocycles. The molecule has 2 atom stereocenters. The van der Waals surface area contributed by atoms with Crippen molar-refractivity contribution < 1.29 is 14.7 Å². The zero-order chi connectivity index (χ0) is 24.8. The Kier molecular flexibility index (Phi) is 5.40. The van der Waals surface area contributed by atoms with Gasteiger partial charge in [0.2, 0.25) is 0 Å². The van der Waals surface area contributed by atoms with Crippen molar-refractivity contribution in [2.75, 3.05) is 0 Å². The Bertz CT molecular complexity index is 1640. The fraction of sp³-hybridized carbons (Fsp3) is 0.107. The third-order valence-electron chi connectivity index (χ3n) is 6.59. The summed E-state index contributed by atoms with van der Waals surface area (Å²) < 4.78 is 0. The zero-order valence-corrected chi connectivity index (χ0v) is 19.9. The number of pyridine rings is 1. The zero-order valence-electron chi connectivity index (χ0n) is 19.1. The van der Waals surface area contributed by atoms with Crippen LogP contribution in [0.15, 0.2) is 79.1 Å². The van der Waals surface area contributed by atoms with Gasteiger partial charge >= 0.3 is 5.97 Å². The molecule has 0 saturated heterocycles. The molecule has 36 heavy (non-hydrogen) atoms. The number of benzene rings is 2. The predicted molar refractivity (Wildman–Crippen MR) is 140 cm³/mol. The summed E-state index contributed by atoms with van der Waals surface area (Å²) in [5.41, 5.74) is 12.3. The van der Waals surface area contributed by atoms with Crippen LogP contribution in [0.2, 0.25) is 0 Å². The second-order valence-electron chi connectivity index (χ2n) is 8.78. The third kappa shape index (κ3) is 3.67. The van der Waals surface area contributed by atoms with E-state index >= 15 is 0 Å². The maximum atomic E-state index is 13.4. The Labute approximate surface area is 210 Å². The highest BCUT2D eigenvalue weighted by molar-refractivity contribution is 7.15. The summed E-state index contributed by atoms with van der Waals surface area (Å²) in [6.07, 6.45) is 3.69. The van der Waals surface area contributed by atoms with Crippen LogP contribution in [-0.4, -0.2) is 33.0 Å². The lowest BCUT2D eigenvalue weighted by atomic mass is 9.98. The number of fused-ring (bicyclic) bond motifs is 4. The van der Waals surface area contributed by atoms with Crippen LogP contribution < -0.4 is 11.1 Å². The quantitative estimate of drug-likeness (QED) is 0.272. The normalized spacial score (nSPS) is 14.9. The summed E-state index contributed by atoms with van der Waals surface area (Å²) in [4.78, 5) is 33.9. The molecule has 0 radical (unpaired) electrons. The fourth-order valence-electron chi connectivity index (χ4n) is 4.92. The molecule has 0 spiro atoms. The van der Waals surface area contributed by atoms with Crippen molar-refractivity contribution in [2.45, 2.75) is 18.5 Å². The largest absolute Gasteiger partial charge is 0.480 e. The first-order valence-electron chi connectivity index (χ1n) is 11.5. The van der Waals surface area contributed by atoms with E-state index in [0.717, 1.165) is 43.0 Å². The van der Waals surface area contributed by atoms with Gasteiger partial charge in [-0.25, -0.2) is 4.98 Å². The highest BCUT2D eigenvalue weighted by atomic mass is 32.1. The number of aromatic nitrogens is 2. The van der Waals surface area contributed by atoms with E-state index in [0.29, 0.717) is 11.2 Å². The summed E-state index contributed by atoms with van der Waals surface area (Å²) in [7, 11) is 0. The lowest BCUT2D eigenvalue weighted by molar-refractivity contribution is -0.138. The van der Waals surface area contributed by atoms with Crippen LogP contribution >= 0.6 is 11.3 Å². The number of aliphatic carboxylic acids is 1. The van der Waals surface area contributed by atoms with E-state index in [1.165, 1.54) is 0 Å². The van der Waals surface area contributed by atoms with Gasteiger partial charge in [-0.05, 0) is 52.1 Å². The molecule has 0 bridgehead atoms. The molecule has 0 saturated carbocycles. The van der Waals surface area contributed by atoms with Gasteiger partial charge < -0.3 is 21.1 Å². The molecule has 1 aliphatic rings. The molecule has 0 fully saturated rings. The van der Waals surface area contributed by atoms with E-state index in [9.17, 15) is 14.7 Å². The number of hydrogen-bond donors (Lipinski definition) is 4. The first kappa shape index (κ1) is 22.2. The van der Waals surface area contributed by atoms with E-state index in [1.54, 1.807) is 29.8 Å². The molecule has 3 heterocycles. The van der Waals surface area contributed by atoms with E-state index in [-0.39, 0.29) is 18.4 Å². The first-order valence-corrected chi connectivity index (χ1v) is 12.4. The third-order valence-corrected chi connectivity index (χ3v) is 7.74. The minimum absolute atomic E-state index is 0.166. The number of carbonyl (C=O) groups excluding carboxylic acids is 1. The molecule has 6 rings (SSSR count). The number of rotatable bonds is 6. The lowest BCUT2D eigenvalue weighted by Crippen LogP contribution is -2.31. The number of carboxylic acids is 1. The van der Waals surface area contributed by atoms with Gasteiger partial charge in [0.1, 0.15) is 11.7 Å². The number of carboxylic acid groups (broad SMARTS) is 1. The van der Waals surface area contributed by atoms with Crippen molar-refractivity contribution in [2.24, 2.45) is 5.73 Å². The van der Waals surface area contributed by atoms with Crippen LogP contribution in [0.1, 0.15) is 32.4 Å². The smallest absolute Gasteiger partial charge is 0.320 e. The van der Waals surface area contributed by atoms with Crippen molar-refractivity contribution in [1.82, 2.24) is 15.3 Å². The molecule has 0 aliphatic heterocycles. The highest BCUT2D eigenvalue weighted by Gasteiger charge is 2.32. The Morgan fingerprint density at radius 3 is 2.69 bits per heavy atom. The number of nitrogens with one attached hydrogen (secondary N) is 2. The Morgan fingerprint density at radius 2 is 1.83 bits per heavy atom. The predicted octanol–water partition coefficient (Wildman–Crippen LogP) is 4.75. The molecule has 5 aromatic rings. The Hall–Kier alpha value is -4.27. The lowest BCUT2D eigenvalue weighted by Gasteiger charge is -2.17. The summed E-state index contributed by atoms with van der Waals surface area (Å²) in [5, 5.41) is 13.2. The van der Waals surface area contributed by atoms with E-state index in [2.05, 4.69) is 33.5 Å². The van der Waals surface area contributed by atoms with E-state index in [4.69, 9.17) is 5.73 Å².